The molecule has 0 saturated carbocycles. The second-order valence-corrected chi connectivity index (χ2v) is 12.7. The Balaban J connectivity index is 2.73. The summed E-state index contributed by atoms with van der Waals surface area (Å²) in [6.07, 6.45) is 6.99. The summed E-state index contributed by atoms with van der Waals surface area (Å²) in [7, 11) is 0. The molecule has 0 N–H and O–H groups in total. The number of hydrogen-bond acceptors (Lipinski definition) is 0. The zero-order chi connectivity index (χ0) is 6.98. The van der Waals surface area contributed by atoms with E-state index in [1.54, 1.807) is 0 Å². The number of halogens is 2. The van der Waals surface area contributed by atoms with E-state index in [1.165, 1.54) is 0 Å². The standard InChI is InChI=1S/C6H11Cl2P/c1-2-9(7,8)5-3-4-6-9/h3-4H,2,5-6H2,1H3. The van der Waals surface area contributed by atoms with Gasteiger partial charge in [0.15, 0.2) is 0 Å². The predicted molar refractivity (Wildman–Crippen MR) is 48.0 cm³/mol. The van der Waals surface area contributed by atoms with Crippen LogP contribution in [-0.2, 0) is 0 Å². The first-order valence-electron chi connectivity index (χ1n) is 3.14. The van der Waals surface area contributed by atoms with Gasteiger partial charge in [0.05, 0.1) is 0 Å². The average molecular weight is 185 g/mol. The molecule has 1 aliphatic rings. The van der Waals surface area contributed by atoms with E-state index >= 15 is 0 Å². The van der Waals surface area contributed by atoms with Crippen LogP contribution in [0.3, 0.4) is 0 Å². The van der Waals surface area contributed by atoms with Crippen molar-refractivity contribution in [3.63, 3.8) is 0 Å². The normalized spacial score (nSPS) is 33.4. The monoisotopic (exact) mass is 184 g/mol. The molecular formula is C6H11Cl2P. The van der Waals surface area contributed by atoms with Crippen molar-refractivity contribution in [3.8, 4) is 0 Å². The van der Waals surface area contributed by atoms with Gasteiger partial charge >= 0.3 is 65.4 Å². The molecule has 3 heteroatoms. The Labute approximate surface area is 65.7 Å². The summed E-state index contributed by atoms with van der Waals surface area (Å²) in [5.74, 6) is 0. The Bertz CT molecular complexity index is 139. The second kappa shape index (κ2) is 2.12. The SMILES string of the molecule is CCP1(Cl)(Cl)CC=CC1. The Kier molecular flexibility index (Phi) is 1.85. The van der Waals surface area contributed by atoms with E-state index in [0.717, 1.165) is 18.5 Å². The maximum atomic E-state index is 6.24. The van der Waals surface area contributed by atoms with Gasteiger partial charge in [0.2, 0.25) is 0 Å². The second-order valence-electron chi connectivity index (χ2n) is 2.60. The van der Waals surface area contributed by atoms with Crippen LogP contribution in [-0.4, -0.2) is 18.5 Å². The van der Waals surface area contributed by atoms with Gasteiger partial charge in [-0.25, -0.2) is 0 Å². The minimum absolute atomic E-state index is 0.922. The van der Waals surface area contributed by atoms with Crippen LogP contribution in [0.1, 0.15) is 6.92 Å². The molecule has 9 heavy (non-hydrogen) atoms. The molecule has 0 unspecified atom stereocenters. The Morgan fingerprint density at radius 1 is 1.33 bits per heavy atom. The van der Waals surface area contributed by atoms with Gasteiger partial charge in [-0.3, -0.25) is 0 Å². The van der Waals surface area contributed by atoms with Crippen molar-refractivity contribution in [1.29, 1.82) is 0 Å². The predicted octanol–water partition coefficient (Wildman–Crippen LogP) is 3.44. The topological polar surface area (TPSA) is 0 Å². The summed E-state index contributed by atoms with van der Waals surface area (Å²) in [5.41, 5.74) is 0. The molecule has 0 saturated heterocycles. The molecule has 0 aromatic carbocycles. The molecule has 0 spiro atoms. The fraction of sp³-hybridized carbons (Fsp3) is 0.667. The van der Waals surface area contributed by atoms with Gasteiger partial charge in [0, 0.05) is 0 Å². The third kappa shape index (κ3) is 1.61. The summed E-state index contributed by atoms with van der Waals surface area (Å²) in [6, 6.07) is 0. The van der Waals surface area contributed by atoms with Gasteiger partial charge in [-0.15, -0.1) is 0 Å². The molecule has 1 rings (SSSR count). The molecule has 0 aromatic heterocycles. The van der Waals surface area contributed by atoms with E-state index in [-0.39, 0.29) is 0 Å². The first-order valence-corrected chi connectivity index (χ1v) is 7.75. The fourth-order valence-corrected chi connectivity index (χ4v) is 3.77. The summed E-state index contributed by atoms with van der Waals surface area (Å²) in [4.78, 5) is 0. The molecule has 0 aliphatic carbocycles. The van der Waals surface area contributed by atoms with Crippen molar-refractivity contribution in [2.75, 3.05) is 18.5 Å². The minimum atomic E-state index is -2.18. The van der Waals surface area contributed by atoms with Crippen LogP contribution < -0.4 is 0 Å². The van der Waals surface area contributed by atoms with Crippen molar-refractivity contribution in [2.24, 2.45) is 0 Å². The van der Waals surface area contributed by atoms with Crippen LogP contribution >= 0.6 is 27.8 Å². The molecule has 0 radical (unpaired) electrons. The van der Waals surface area contributed by atoms with Gasteiger partial charge in [0.1, 0.15) is 0 Å². The van der Waals surface area contributed by atoms with Crippen molar-refractivity contribution in [3.05, 3.63) is 12.2 Å². The van der Waals surface area contributed by atoms with Crippen LogP contribution in [0.5, 0.6) is 0 Å². The van der Waals surface area contributed by atoms with Crippen LogP contribution in [0, 0.1) is 0 Å². The third-order valence-electron chi connectivity index (χ3n) is 1.86. The van der Waals surface area contributed by atoms with E-state index in [2.05, 4.69) is 19.1 Å². The third-order valence-corrected chi connectivity index (χ3v) is 8.33. The van der Waals surface area contributed by atoms with Crippen molar-refractivity contribution >= 4 is 27.8 Å². The number of allylic oxidation sites excluding steroid dienone is 2. The van der Waals surface area contributed by atoms with Crippen LogP contribution in [0.2, 0.25) is 0 Å². The summed E-state index contributed by atoms with van der Waals surface area (Å²) >= 11 is 12.5. The van der Waals surface area contributed by atoms with Gasteiger partial charge < -0.3 is 0 Å². The van der Waals surface area contributed by atoms with E-state index in [4.69, 9.17) is 22.5 Å². The molecule has 0 aromatic rings. The maximum absolute atomic E-state index is 6.24. The van der Waals surface area contributed by atoms with Crippen LogP contribution in [0.15, 0.2) is 12.2 Å². The Morgan fingerprint density at radius 3 is 2.00 bits per heavy atom. The quantitative estimate of drug-likeness (QED) is 0.433. The molecule has 0 bridgehead atoms. The van der Waals surface area contributed by atoms with Gasteiger partial charge in [0.25, 0.3) is 0 Å². The Hall–Kier alpha value is 0.750. The number of hydrogen-bond donors (Lipinski definition) is 0. The first-order chi connectivity index (χ1) is 4.05. The molecular weight excluding hydrogens is 174 g/mol. The van der Waals surface area contributed by atoms with Gasteiger partial charge in [-0.1, -0.05) is 0 Å². The molecule has 1 heterocycles. The summed E-state index contributed by atoms with van der Waals surface area (Å²) in [5, 5.41) is -2.18. The van der Waals surface area contributed by atoms with Crippen molar-refractivity contribution < 1.29 is 0 Å². The average Bonchev–Trinajstić information content (AvgIpc) is 2.14. The van der Waals surface area contributed by atoms with E-state index in [0.29, 0.717) is 0 Å². The molecule has 0 nitrogen and oxygen atoms in total. The van der Waals surface area contributed by atoms with Crippen LogP contribution in [0.25, 0.3) is 0 Å². The molecule has 0 fully saturated rings. The van der Waals surface area contributed by atoms with E-state index in [1.807, 2.05) is 0 Å². The number of rotatable bonds is 1. The molecule has 0 amide bonds. The van der Waals surface area contributed by atoms with Crippen molar-refractivity contribution in [1.82, 2.24) is 0 Å². The van der Waals surface area contributed by atoms with Gasteiger partial charge in [-0.05, 0) is 0 Å². The summed E-state index contributed by atoms with van der Waals surface area (Å²) < 4.78 is 0. The molecule has 0 atom stereocenters. The van der Waals surface area contributed by atoms with E-state index in [9.17, 15) is 0 Å². The fourth-order valence-electron chi connectivity index (χ4n) is 0.939. The summed E-state index contributed by atoms with van der Waals surface area (Å²) in [6.45, 7) is 2.07. The zero-order valence-corrected chi connectivity index (χ0v) is 7.89. The molecule has 1 aliphatic heterocycles. The Morgan fingerprint density at radius 2 is 1.78 bits per heavy atom. The van der Waals surface area contributed by atoms with Gasteiger partial charge in [-0.2, -0.15) is 0 Å². The van der Waals surface area contributed by atoms with E-state index < -0.39 is 5.31 Å². The first kappa shape index (κ1) is 7.85. The van der Waals surface area contributed by atoms with Crippen LogP contribution in [0.4, 0.5) is 0 Å². The van der Waals surface area contributed by atoms with Crippen molar-refractivity contribution in [2.45, 2.75) is 6.92 Å². The molecule has 54 valence electrons. The zero-order valence-electron chi connectivity index (χ0n) is 5.48.